The molecule has 2 aromatic carbocycles. The molecule has 2 saturated heterocycles. The van der Waals surface area contributed by atoms with Crippen LogP contribution in [0.2, 0.25) is 0 Å². The molecule has 5 N–H and O–H groups in total. The van der Waals surface area contributed by atoms with Crippen molar-refractivity contribution in [1.82, 2.24) is 30.2 Å². The maximum atomic E-state index is 12.9. The molecule has 4 heterocycles. The Kier molecular flexibility index (Phi) is 7.06. The summed E-state index contributed by atoms with van der Waals surface area (Å²) in [5, 5.41) is 3.49. The Morgan fingerprint density at radius 3 is 1.97 bits per heavy atom. The van der Waals surface area contributed by atoms with Crippen molar-refractivity contribution < 1.29 is 4.79 Å². The first-order valence-electron chi connectivity index (χ1n) is 14.1. The number of carbonyl (C=O) groups is 1. The molecule has 0 unspecified atom stereocenters. The molecule has 2 aromatic heterocycles. The summed E-state index contributed by atoms with van der Waals surface area (Å²) in [4.78, 5) is 31.0. The molecule has 2 aliphatic heterocycles. The van der Waals surface area contributed by atoms with Gasteiger partial charge in [-0.2, -0.15) is 0 Å². The molecule has 0 saturated carbocycles. The lowest BCUT2D eigenvalue weighted by Crippen LogP contribution is -2.46. The molecule has 8 nitrogen and oxygen atoms in total. The first-order valence-corrected chi connectivity index (χ1v) is 14.1. The van der Waals surface area contributed by atoms with Crippen LogP contribution in [-0.4, -0.2) is 49.9 Å². The van der Waals surface area contributed by atoms with Crippen molar-refractivity contribution in [3.05, 3.63) is 72.6 Å². The first-order chi connectivity index (χ1) is 19.0. The number of carbonyl (C=O) groups excluding carboxylic acids is 1. The second-order valence-corrected chi connectivity index (χ2v) is 11.1. The van der Waals surface area contributed by atoms with Crippen LogP contribution in [0.25, 0.3) is 33.6 Å². The van der Waals surface area contributed by atoms with Gasteiger partial charge in [-0.05, 0) is 60.4 Å². The lowest BCUT2D eigenvalue weighted by atomic mass is 10.0. The third-order valence-electron chi connectivity index (χ3n) is 8.16. The topological polar surface area (TPSA) is 116 Å². The van der Waals surface area contributed by atoms with Crippen LogP contribution in [-0.2, 0) is 4.79 Å². The largest absolute Gasteiger partial charge is 0.341 e. The zero-order valence-electron chi connectivity index (χ0n) is 22.7. The van der Waals surface area contributed by atoms with Gasteiger partial charge in [0.25, 0.3) is 0 Å². The van der Waals surface area contributed by atoms with Gasteiger partial charge in [0, 0.05) is 6.54 Å². The number of aromatic nitrogens is 4. The zero-order valence-corrected chi connectivity index (χ0v) is 22.7. The fraction of sp³-hybridized carbons (Fsp3) is 0.387. The minimum Gasteiger partial charge on any atom is -0.341 e. The van der Waals surface area contributed by atoms with Crippen LogP contribution in [0, 0.1) is 5.92 Å². The van der Waals surface area contributed by atoms with Crippen LogP contribution in [0.3, 0.4) is 0 Å². The maximum Gasteiger partial charge on any atom is 0.240 e. The van der Waals surface area contributed by atoms with E-state index in [4.69, 9.17) is 5.73 Å². The SMILES string of the molecule is CC(C)[C@H](N)C(=O)N1CCC[C@H]1c1ncc(-c2ccc(-c3ccc(-c4cnc([C@@H]5CCCN5)[nH]4)cc3)cc2)[nH]1. The second-order valence-electron chi connectivity index (χ2n) is 11.1. The van der Waals surface area contributed by atoms with Crippen LogP contribution in [0.1, 0.15) is 63.3 Å². The predicted molar refractivity (Wildman–Crippen MR) is 154 cm³/mol. The van der Waals surface area contributed by atoms with Crippen molar-refractivity contribution in [3.8, 4) is 33.6 Å². The van der Waals surface area contributed by atoms with Crippen molar-refractivity contribution in [1.29, 1.82) is 0 Å². The minimum absolute atomic E-state index is 0.0135. The van der Waals surface area contributed by atoms with E-state index in [1.54, 1.807) is 0 Å². The van der Waals surface area contributed by atoms with Gasteiger partial charge >= 0.3 is 0 Å². The highest BCUT2D eigenvalue weighted by Crippen LogP contribution is 2.33. The fourth-order valence-corrected chi connectivity index (χ4v) is 5.71. The Morgan fingerprint density at radius 2 is 1.41 bits per heavy atom. The van der Waals surface area contributed by atoms with Crippen LogP contribution in [0.15, 0.2) is 60.9 Å². The van der Waals surface area contributed by atoms with Gasteiger partial charge in [-0.3, -0.25) is 4.79 Å². The summed E-state index contributed by atoms with van der Waals surface area (Å²) in [6.45, 7) is 5.76. The number of amides is 1. The van der Waals surface area contributed by atoms with Gasteiger partial charge in [0.1, 0.15) is 11.6 Å². The number of nitrogens with zero attached hydrogens (tertiary/aromatic N) is 3. The van der Waals surface area contributed by atoms with Gasteiger partial charge in [-0.25, -0.2) is 9.97 Å². The number of nitrogens with one attached hydrogen (secondary N) is 3. The molecule has 0 aliphatic carbocycles. The van der Waals surface area contributed by atoms with E-state index in [1.807, 2.05) is 31.1 Å². The second kappa shape index (κ2) is 10.8. The van der Waals surface area contributed by atoms with Gasteiger partial charge in [-0.15, -0.1) is 0 Å². The average Bonchev–Trinajstić information content (AvgIpc) is 3.78. The fourth-order valence-electron chi connectivity index (χ4n) is 5.71. The van der Waals surface area contributed by atoms with E-state index in [9.17, 15) is 4.79 Å². The summed E-state index contributed by atoms with van der Waals surface area (Å²) in [7, 11) is 0. The number of rotatable bonds is 7. The van der Waals surface area contributed by atoms with E-state index >= 15 is 0 Å². The van der Waals surface area contributed by atoms with Crippen molar-refractivity contribution in [2.75, 3.05) is 13.1 Å². The number of aromatic amines is 2. The van der Waals surface area contributed by atoms with Crippen molar-refractivity contribution in [2.45, 2.75) is 57.7 Å². The van der Waals surface area contributed by atoms with Gasteiger partial charge in [0.2, 0.25) is 5.91 Å². The van der Waals surface area contributed by atoms with E-state index in [0.717, 1.165) is 77.6 Å². The molecule has 0 radical (unpaired) electrons. The summed E-state index contributed by atoms with van der Waals surface area (Å²) >= 11 is 0. The highest BCUT2D eigenvalue weighted by Gasteiger charge is 2.35. The Labute approximate surface area is 229 Å². The van der Waals surface area contributed by atoms with E-state index in [2.05, 4.69) is 73.8 Å². The highest BCUT2D eigenvalue weighted by atomic mass is 16.2. The predicted octanol–water partition coefficient (Wildman–Crippen LogP) is 5.21. The van der Waals surface area contributed by atoms with Crippen molar-refractivity contribution in [3.63, 3.8) is 0 Å². The Hall–Kier alpha value is -3.75. The monoisotopic (exact) mass is 523 g/mol. The van der Waals surface area contributed by atoms with Crippen LogP contribution < -0.4 is 11.1 Å². The minimum atomic E-state index is -0.479. The molecule has 6 rings (SSSR count). The standard InChI is InChI=1S/C31H37N7O/c1-19(2)28(32)31(39)38-16-4-6-27(38)30-35-18-26(37-30)23-13-9-21(10-14-23)20-7-11-22(12-8-20)25-17-34-29(36-25)24-5-3-15-33-24/h7-14,17-19,24,27-28,33H,3-6,15-16,32H2,1-2H3,(H,34,36)(H,35,37)/t24-,27-,28-/m0/s1. The lowest BCUT2D eigenvalue weighted by Gasteiger charge is -2.27. The molecule has 202 valence electrons. The highest BCUT2D eigenvalue weighted by molar-refractivity contribution is 5.82. The van der Waals surface area contributed by atoms with Crippen LogP contribution >= 0.6 is 0 Å². The third-order valence-corrected chi connectivity index (χ3v) is 8.16. The van der Waals surface area contributed by atoms with Gasteiger partial charge < -0.3 is 25.9 Å². The van der Waals surface area contributed by atoms with E-state index < -0.39 is 6.04 Å². The molecule has 2 fully saturated rings. The number of benzene rings is 2. The Balaban J connectivity index is 1.14. The van der Waals surface area contributed by atoms with Gasteiger partial charge in [-0.1, -0.05) is 62.4 Å². The average molecular weight is 524 g/mol. The molecule has 8 heteroatoms. The first kappa shape index (κ1) is 25.5. The normalized spacial score (nSPS) is 20.2. The molecule has 0 spiro atoms. The van der Waals surface area contributed by atoms with E-state index in [0.29, 0.717) is 6.04 Å². The third kappa shape index (κ3) is 5.14. The lowest BCUT2D eigenvalue weighted by molar-refractivity contribution is -0.134. The number of likely N-dealkylation sites (tertiary alicyclic amines) is 1. The van der Waals surface area contributed by atoms with Crippen molar-refractivity contribution in [2.24, 2.45) is 11.7 Å². The van der Waals surface area contributed by atoms with Crippen molar-refractivity contribution >= 4 is 5.91 Å². The summed E-state index contributed by atoms with van der Waals surface area (Å²) in [6, 6.07) is 16.9. The van der Waals surface area contributed by atoms with Gasteiger partial charge in [0.15, 0.2) is 0 Å². The Morgan fingerprint density at radius 1 is 0.846 bits per heavy atom. The summed E-state index contributed by atoms with van der Waals surface area (Å²) < 4.78 is 0. The summed E-state index contributed by atoms with van der Waals surface area (Å²) in [5.74, 6) is 1.98. The smallest absolute Gasteiger partial charge is 0.240 e. The summed E-state index contributed by atoms with van der Waals surface area (Å²) in [5.41, 5.74) is 12.7. The number of nitrogens with two attached hydrogens (primary N) is 1. The number of H-pyrrole nitrogens is 2. The quantitative estimate of drug-likeness (QED) is 0.266. The maximum absolute atomic E-state index is 12.9. The Bertz CT molecular complexity index is 1410. The molecule has 1 amide bonds. The number of hydrogen-bond donors (Lipinski definition) is 4. The molecule has 39 heavy (non-hydrogen) atoms. The molecule has 2 aliphatic rings. The molecular weight excluding hydrogens is 486 g/mol. The molecule has 0 bridgehead atoms. The number of hydrogen-bond acceptors (Lipinski definition) is 5. The molecular formula is C31H37N7O. The zero-order chi connectivity index (χ0) is 26.9. The van der Waals surface area contributed by atoms with Crippen LogP contribution in [0.4, 0.5) is 0 Å². The van der Waals surface area contributed by atoms with Crippen LogP contribution in [0.5, 0.6) is 0 Å². The molecule has 4 aromatic rings. The van der Waals surface area contributed by atoms with E-state index in [-0.39, 0.29) is 17.9 Å². The molecule has 3 atom stereocenters. The van der Waals surface area contributed by atoms with E-state index in [1.165, 1.54) is 6.42 Å². The summed E-state index contributed by atoms with van der Waals surface area (Å²) in [6.07, 6.45) is 7.98. The number of imidazole rings is 2. The van der Waals surface area contributed by atoms with Gasteiger partial charge in [0.05, 0.1) is 41.9 Å².